The fourth-order valence-corrected chi connectivity index (χ4v) is 4.95. The molecule has 4 rings (SSSR count). The number of aliphatic hydroxyl groups is 2. The summed E-state index contributed by atoms with van der Waals surface area (Å²) in [7, 11) is 0. The number of hydrogen-bond acceptors (Lipinski definition) is 6. The molecule has 2 spiro atoms. The number of ether oxygens (including phenoxy) is 4. The second-order valence-corrected chi connectivity index (χ2v) is 6.33. The Kier molecular flexibility index (Phi) is 3.11. The highest BCUT2D eigenvalue weighted by molar-refractivity contribution is 5.10. The molecule has 2 heterocycles. The van der Waals surface area contributed by atoms with Crippen LogP contribution in [0.15, 0.2) is 0 Å². The second-order valence-electron chi connectivity index (χ2n) is 6.33. The number of aliphatic hydroxyl groups excluding tert-OH is 2. The molecule has 0 aromatic heterocycles. The third-order valence-electron chi connectivity index (χ3n) is 5.70. The van der Waals surface area contributed by atoms with E-state index < -0.39 is 11.6 Å². The maximum absolute atomic E-state index is 9.82. The van der Waals surface area contributed by atoms with E-state index in [0.29, 0.717) is 39.3 Å². The molecule has 2 N–H and O–H groups in total. The summed E-state index contributed by atoms with van der Waals surface area (Å²) in [6.45, 7) is 2.40. The minimum Gasteiger partial charge on any atom is -0.396 e. The van der Waals surface area contributed by atoms with Crippen molar-refractivity contribution in [2.75, 3.05) is 39.6 Å². The van der Waals surface area contributed by atoms with Gasteiger partial charge in [-0.2, -0.15) is 0 Å². The van der Waals surface area contributed by atoms with Gasteiger partial charge in [-0.05, 0) is 11.8 Å². The Morgan fingerprint density at radius 3 is 1.35 bits per heavy atom. The van der Waals surface area contributed by atoms with Crippen LogP contribution in [0, 0.1) is 23.7 Å². The van der Waals surface area contributed by atoms with E-state index in [1.807, 2.05) is 0 Å². The van der Waals surface area contributed by atoms with Crippen LogP contribution < -0.4 is 0 Å². The smallest absolute Gasteiger partial charge is 0.174 e. The van der Waals surface area contributed by atoms with Gasteiger partial charge in [0.2, 0.25) is 0 Å². The summed E-state index contributed by atoms with van der Waals surface area (Å²) < 4.78 is 23.4. The number of rotatable bonds is 2. The summed E-state index contributed by atoms with van der Waals surface area (Å²) in [4.78, 5) is 0. The van der Waals surface area contributed by atoms with E-state index in [0.717, 1.165) is 0 Å². The Balaban J connectivity index is 1.65. The molecule has 2 saturated carbocycles. The van der Waals surface area contributed by atoms with Crippen LogP contribution in [0.25, 0.3) is 0 Å². The quantitative estimate of drug-likeness (QED) is 0.727. The fourth-order valence-electron chi connectivity index (χ4n) is 4.95. The van der Waals surface area contributed by atoms with Crippen molar-refractivity contribution >= 4 is 0 Å². The van der Waals surface area contributed by atoms with Crippen LogP contribution in [-0.4, -0.2) is 61.4 Å². The predicted molar refractivity (Wildman–Crippen MR) is 66.6 cm³/mol. The van der Waals surface area contributed by atoms with Crippen LogP contribution in [0.5, 0.6) is 0 Å². The lowest BCUT2D eigenvalue weighted by Crippen LogP contribution is -2.44. The van der Waals surface area contributed by atoms with Crippen molar-refractivity contribution in [3.05, 3.63) is 0 Å². The van der Waals surface area contributed by atoms with E-state index in [-0.39, 0.29) is 36.9 Å². The molecule has 4 aliphatic rings. The van der Waals surface area contributed by atoms with Gasteiger partial charge < -0.3 is 29.2 Å². The molecule has 0 aromatic rings. The van der Waals surface area contributed by atoms with Gasteiger partial charge in [0.1, 0.15) is 0 Å². The van der Waals surface area contributed by atoms with E-state index in [2.05, 4.69) is 0 Å². The van der Waals surface area contributed by atoms with E-state index in [9.17, 15) is 10.2 Å². The highest BCUT2D eigenvalue weighted by Crippen LogP contribution is 2.61. The molecule has 6 heteroatoms. The first-order valence-electron chi connectivity index (χ1n) is 7.52. The van der Waals surface area contributed by atoms with E-state index in [4.69, 9.17) is 18.9 Å². The van der Waals surface area contributed by atoms with Crippen molar-refractivity contribution in [3.8, 4) is 0 Å². The second kappa shape index (κ2) is 4.63. The average Bonchev–Trinajstić information content (AvgIpc) is 3.18. The molecular weight excluding hydrogens is 264 g/mol. The normalized spacial score (nSPS) is 44.7. The van der Waals surface area contributed by atoms with Crippen molar-refractivity contribution in [1.29, 1.82) is 0 Å². The first kappa shape index (κ1) is 13.4. The van der Waals surface area contributed by atoms with Gasteiger partial charge in [-0.15, -0.1) is 0 Å². The zero-order chi connectivity index (χ0) is 13.8. The molecule has 114 valence electrons. The molecule has 0 aromatic carbocycles. The molecule has 2 saturated heterocycles. The third kappa shape index (κ3) is 1.60. The standard InChI is InChI=1S/C14H22O6/c15-7-11-10-6-14(19-3-4-20-14)12(8-16)9(10)5-13(11)17-1-2-18-13/h9-12,15-16H,1-8H2/t9-,10-,11+,12+/m0/s1. The minimum absolute atomic E-state index is 0.0371. The molecule has 20 heavy (non-hydrogen) atoms. The first-order chi connectivity index (χ1) is 9.75. The summed E-state index contributed by atoms with van der Waals surface area (Å²) in [6, 6.07) is 0. The summed E-state index contributed by atoms with van der Waals surface area (Å²) in [5.41, 5.74) is 0. The monoisotopic (exact) mass is 286 g/mol. The van der Waals surface area contributed by atoms with Gasteiger partial charge in [0, 0.05) is 24.7 Å². The predicted octanol–water partition coefficient (Wildman–Crippen LogP) is -0.271. The molecule has 4 fully saturated rings. The fraction of sp³-hybridized carbons (Fsp3) is 1.00. The first-order valence-corrected chi connectivity index (χ1v) is 7.52. The van der Waals surface area contributed by atoms with Gasteiger partial charge in [-0.25, -0.2) is 0 Å². The van der Waals surface area contributed by atoms with Gasteiger partial charge in [0.25, 0.3) is 0 Å². The number of hydrogen-bond donors (Lipinski definition) is 2. The summed E-state index contributed by atoms with van der Waals surface area (Å²) in [5.74, 6) is -0.996. The zero-order valence-electron chi connectivity index (χ0n) is 11.5. The largest absolute Gasteiger partial charge is 0.396 e. The highest BCUT2D eigenvalue weighted by Gasteiger charge is 2.67. The highest BCUT2D eigenvalue weighted by atomic mass is 16.7. The lowest BCUT2D eigenvalue weighted by atomic mass is 9.89. The molecule has 6 nitrogen and oxygen atoms in total. The SMILES string of the molecule is OC[C@@H]1[C@H]2CC3(OCCO3)[C@H](CO)[C@H]2CC12OCCO2. The van der Waals surface area contributed by atoms with Crippen LogP contribution in [-0.2, 0) is 18.9 Å². The molecule has 2 aliphatic heterocycles. The van der Waals surface area contributed by atoms with Crippen molar-refractivity contribution in [2.24, 2.45) is 23.7 Å². The van der Waals surface area contributed by atoms with E-state index in [1.54, 1.807) is 0 Å². The van der Waals surface area contributed by atoms with Crippen LogP contribution in [0.2, 0.25) is 0 Å². The molecule has 4 atom stereocenters. The topological polar surface area (TPSA) is 77.4 Å². The summed E-state index contributed by atoms with van der Waals surface area (Å²) in [5, 5.41) is 19.6. The van der Waals surface area contributed by atoms with E-state index >= 15 is 0 Å². The van der Waals surface area contributed by atoms with Gasteiger partial charge in [0.15, 0.2) is 11.6 Å². The van der Waals surface area contributed by atoms with Gasteiger partial charge in [-0.3, -0.25) is 0 Å². The lowest BCUT2D eigenvalue weighted by molar-refractivity contribution is -0.224. The number of fused-ring (bicyclic) bond motifs is 1. The Morgan fingerprint density at radius 2 is 1.05 bits per heavy atom. The van der Waals surface area contributed by atoms with Gasteiger partial charge in [0.05, 0.1) is 39.6 Å². The van der Waals surface area contributed by atoms with Gasteiger partial charge in [-0.1, -0.05) is 0 Å². The molecule has 2 aliphatic carbocycles. The van der Waals surface area contributed by atoms with Crippen molar-refractivity contribution < 1.29 is 29.2 Å². The van der Waals surface area contributed by atoms with E-state index in [1.165, 1.54) is 0 Å². The molecule has 0 amide bonds. The maximum atomic E-state index is 9.82. The molecular formula is C14H22O6. The summed E-state index contributed by atoms with van der Waals surface area (Å²) in [6.07, 6.45) is 1.42. The van der Waals surface area contributed by atoms with Crippen LogP contribution in [0.1, 0.15) is 12.8 Å². The van der Waals surface area contributed by atoms with Crippen molar-refractivity contribution in [1.82, 2.24) is 0 Å². The van der Waals surface area contributed by atoms with Crippen LogP contribution in [0.4, 0.5) is 0 Å². The van der Waals surface area contributed by atoms with Crippen LogP contribution in [0.3, 0.4) is 0 Å². The zero-order valence-corrected chi connectivity index (χ0v) is 11.5. The Labute approximate surface area is 118 Å². The molecule has 0 radical (unpaired) electrons. The summed E-state index contributed by atoms with van der Waals surface area (Å²) >= 11 is 0. The van der Waals surface area contributed by atoms with Crippen molar-refractivity contribution in [2.45, 2.75) is 24.4 Å². The maximum Gasteiger partial charge on any atom is 0.174 e. The molecule has 0 bridgehead atoms. The lowest BCUT2D eigenvalue weighted by Gasteiger charge is -2.35. The van der Waals surface area contributed by atoms with Crippen molar-refractivity contribution in [3.63, 3.8) is 0 Å². The minimum atomic E-state index is -0.655. The Morgan fingerprint density at radius 1 is 0.700 bits per heavy atom. The van der Waals surface area contributed by atoms with Crippen LogP contribution >= 0.6 is 0 Å². The van der Waals surface area contributed by atoms with Gasteiger partial charge >= 0.3 is 0 Å². The Bertz CT molecular complexity index is 338. The third-order valence-corrected chi connectivity index (χ3v) is 5.70. The molecule has 0 unspecified atom stereocenters. The average molecular weight is 286 g/mol. The Hall–Kier alpha value is -0.240.